The van der Waals surface area contributed by atoms with Crippen molar-refractivity contribution in [2.45, 2.75) is 6.42 Å². The van der Waals surface area contributed by atoms with E-state index in [4.69, 9.17) is 11.6 Å². The second-order valence-electron chi connectivity index (χ2n) is 3.33. The summed E-state index contributed by atoms with van der Waals surface area (Å²) in [5.74, 6) is 0. The van der Waals surface area contributed by atoms with Gasteiger partial charge in [0, 0.05) is 22.6 Å². The van der Waals surface area contributed by atoms with Gasteiger partial charge in [-0.3, -0.25) is 4.90 Å². The number of anilines is 1. The topological polar surface area (TPSA) is 32.3 Å². The lowest BCUT2D eigenvalue weighted by Crippen LogP contribution is -2.46. The maximum atomic E-state index is 11.6. The van der Waals surface area contributed by atoms with Gasteiger partial charge in [0.2, 0.25) is 0 Å². The van der Waals surface area contributed by atoms with Gasteiger partial charge in [-0.2, -0.15) is 0 Å². The number of carbonyl (C=O) groups is 1. The number of benzene rings is 1. The molecule has 80 valence electrons. The molecule has 0 radical (unpaired) electrons. The smallest absolute Gasteiger partial charge is 0.321 e. The summed E-state index contributed by atoms with van der Waals surface area (Å²) in [6.07, 6.45) is 0.949. The molecule has 2 amide bonds. The number of nitrogens with zero attached hydrogens (tertiary/aromatic N) is 1. The Balaban J connectivity index is 2.34. The molecular weight excluding hydrogens is 279 g/mol. The summed E-state index contributed by atoms with van der Waals surface area (Å²) >= 11 is 9.32. The average Bonchev–Trinajstić information content (AvgIpc) is 2.23. The third kappa shape index (κ3) is 2.26. The van der Waals surface area contributed by atoms with E-state index in [1.165, 1.54) is 0 Å². The highest BCUT2D eigenvalue weighted by Gasteiger charge is 2.21. The zero-order valence-corrected chi connectivity index (χ0v) is 10.3. The summed E-state index contributed by atoms with van der Waals surface area (Å²) in [6.45, 7) is 1.47. The summed E-state index contributed by atoms with van der Waals surface area (Å²) < 4.78 is 0.879. The van der Waals surface area contributed by atoms with Crippen molar-refractivity contribution >= 4 is 39.2 Å². The largest absolute Gasteiger partial charge is 0.338 e. The Hall–Kier alpha value is -0.740. The summed E-state index contributed by atoms with van der Waals surface area (Å²) in [5.41, 5.74) is 0.819. The predicted octanol–water partition coefficient (Wildman–Crippen LogP) is 3.02. The van der Waals surface area contributed by atoms with Crippen LogP contribution in [0.25, 0.3) is 0 Å². The van der Waals surface area contributed by atoms with Crippen molar-refractivity contribution < 1.29 is 4.79 Å². The summed E-state index contributed by atoms with van der Waals surface area (Å²) in [4.78, 5) is 13.3. The van der Waals surface area contributed by atoms with Crippen molar-refractivity contribution in [1.29, 1.82) is 0 Å². The van der Waals surface area contributed by atoms with Gasteiger partial charge in [0.1, 0.15) is 0 Å². The Bertz CT molecular complexity index is 397. The minimum Gasteiger partial charge on any atom is -0.338 e. The molecule has 1 fully saturated rings. The van der Waals surface area contributed by atoms with Gasteiger partial charge in [-0.25, -0.2) is 4.79 Å². The van der Waals surface area contributed by atoms with E-state index in [1.54, 1.807) is 17.0 Å². The van der Waals surface area contributed by atoms with E-state index in [1.807, 2.05) is 6.07 Å². The van der Waals surface area contributed by atoms with Crippen LogP contribution in [0.5, 0.6) is 0 Å². The van der Waals surface area contributed by atoms with Crippen LogP contribution in [0.3, 0.4) is 0 Å². The first kappa shape index (κ1) is 10.8. The number of carbonyl (C=O) groups excluding carboxylic acids is 1. The molecule has 1 aromatic rings. The molecule has 0 spiro atoms. The summed E-state index contributed by atoms with van der Waals surface area (Å²) in [5, 5.41) is 3.43. The number of hydrogen-bond donors (Lipinski definition) is 1. The standard InChI is InChI=1S/C10H10BrClN2O/c11-8-3-2-7(12)6-9(8)14-5-1-4-13-10(14)15/h2-3,6H,1,4-5H2,(H,13,15). The first-order chi connectivity index (χ1) is 7.18. The highest BCUT2D eigenvalue weighted by molar-refractivity contribution is 9.10. The lowest BCUT2D eigenvalue weighted by atomic mass is 10.2. The molecule has 1 aliphatic rings. The van der Waals surface area contributed by atoms with E-state index in [2.05, 4.69) is 21.2 Å². The molecule has 0 aromatic heterocycles. The van der Waals surface area contributed by atoms with Gasteiger partial charge in [-0.15, -0.1) is 0 Å². The lowest BCUT2D eigenvalue weighted by Gasteiger charge is -2.28. The van der Waals surface area contributed by atoms with E-state index in [0.29, 0.717) is 5.02 Å². The molecule has 1 saturated heterocycles. The Kier molecular flexibility index (Phi) is 3.17. The van der Waals surface area contributed by atoms with Crippen molar-refractivity contribution in [2.24, 2.45) is 0 Å². The number of amides is 2. The SMILES string of the molecule is O=C1NCCCN1c1cc(Cl)ccc1Br. The monoisotopic (exact) mass is 288 g/mol. The van der Waals surface area contributed by atoms with E-state index in [0.717, 1.165) is 29.7 Å². The third-order valence-electron chi connectivity index (χ3n) is 2.28. The van der Waals surface area contributed by atoms with Gasteiger partial charge in [-0.05, 0) is 40.5 Å². The molecule has 0 bridgehead atoms. The summed E-state index contributed by atoms with van der Waals surface area (Å²) in [6, 6.07) is 5.36. The van der Waals surface area contributed by atoms with E-state index in [9.17, 15) is 4.79 Å². The number of rotatable bonds is 1. The lowest BCUT2D eigenvalue weighted by molar-refractivity contribution is 0.243. The molecule has 1 aliphatic heterocycles. The van der Waals surface area contributed by atoms with Gasteiger partial charge in [0.15, 0.2) is 0 Å². The molecule has 5 heteroatoms. The average molecular weight is 290 g/mol. The van der Waals surface area contributed by atoms with Crippen LogP contribution < -0.4 is 10.2 Å². The zero-order valence-electron chi connectivity index (χ0n) is 7.96. The van der Waals surface area contributed by atoms with Crippen LogP contribution in [0.15, 0.2) is 22.7 Å². The van der Waals surface area contributed by atoms with Crippen LogP contribution in [0, 0.1) is 0 Å². The Morgan fingerprint density at radius 3 is 3.00 bits per heavy atom. The fourth-order valence-corrected chi connectivity index (χ4v) is 2.18. The summed E-state index contributed by atoms with van der Waals surface area (Å²) in [7, 11) is 0. The third-order valence-corrected chi connectivity index (χ3v) is 3.18. The zero-order chi connectivity index (χ0) is 10.8. The Morgan fingerprint density at radius 1 is 1.47 bits per heavy atom. The molecule has 0 saturated carbocycles. The number of nitrogens with one attached hydrogen (secondary N) is 1. The highest BCUT2D eigenvalue weighted by atomic mass is 79.9. The first-order valence-electron chi connectivity index (χ1n) is 4.69. The molecule has 0 aliphatic carbocycles. The maximum Gasteiger partial charge on any atom is 0.321 e. The number of hydrogen-bond acceptors (Lipinski definition) is 1. The minimum absolute atomic E-state index is 0.0655. The minimum atomic E-state index is -0.0655. The molecular formula is C10H10BrClN2O. The van der Waals surface area contributed by atoms with E-state index >= 15 is 0 Å². The maximum absolute atomic E-state index is 11.6. The van der Waals surface area contributed by atoms with Crippen LogP contribution in [0.2, 0.25) is 5.02 Å². The van der Waals surface area contributed by atoms with Gasteiger partial charge in [-0.1, -0.05) is 11.6 Å². The van der Waals surface area contributed by atoms with Gasteiger partial charge in [0.05, 0.1) is 5.69 Å². The van der Waals surface area contributed by atoms with Crippen molar-refractivity contribution in [3.8, 4) is 0 Å². The van der Waals surface area contributed by atoms with Gasteiger partial charge < -0.3 is 5.32 Å². The number of halogens is 2. The number of urea groups is 1. The predicted molar refractivity (Wildman–Crippen MR) is 64.5 cm³/mol. The van der Waals surface area contributed by atoms with Crippen LogP contribution in [-0.4, -0.2) is 19.1 Å². The molecule has 0 unspecified atom stereocenters. The molecule has 1 aromatic carbocycles. The van der Waals surface area contributed by atoms with Crippen LogP contribution in [-0.2, 0) is 0 Å². The normalized spacial score (nSPS) is 16.4. The fraction of sp³-hybridized carbons (Fsp3) is 0.300. The van der Waals surface area contributed by atoms with Crippen LogP contribution >= 0.6 is 27.5 Å². The molecule has 15 heavy (non-hydrogen) atoms. The first-order valence-corrected chi connectivity index (χ1v) is 5.86. The molecule has 1 heterocycles. The van der Waals surface area contributed by atoms with Crippen LogP contribution in [0.4, 0.5) is 10.5 Å². The molecule has 3 nitrogen and oxygen atoms in total. The molecule has 1 N–H and O–H groups in total. The van der Waals surface area contributed by atoms with E-state index < -0.39 is 0 Å². The van der Waals surface area contributed by atoms with E-state index in [-0.39, 0.29) is 6.03 Å². The molecule has 0 atom stereocenters. The van der Waals surface area contributed by atoms with Crippen molar-refractivity contribution in [3.05, 3.63) is 27.7 Å². The van der Waals surface area contributed by atoms with Gasteiger partial charge in [0.25, 0.3) is 0 Å². The van der Waals surface area contributed by atoms with Crippen molar-refractivity contribution in [2.75, 3.05) is 18.0 Å². The van der Waals surface area contributed by atoms with Gasteiger partial charge >= 0.3 is 6.03 Å². The Labute approximate surface area is 102 Å². The molecule has 2 rings (SSSR count). The fourth-order valence-electron chi connectivity index (χ4n) is 1.55. The second-order valence-corrected chi connectivity index (χ2v) is 4.62. The van der Waals surface area contributed by atoms with Crippen molar-refractivity contribution in [1.82, 2.24) is 5.32 Å². The highest BCUT2D eigenvalue weighted by Crippen LogP contribution is 2.30. The quantitative estimate of drug-likeness (QED) is 0.847. The Morgan fingerprint density at radius 2 is 2.27 bits per heavy atom. The van der Waals surface area contributed by atoms with Crippen molar-refractivity contribution in [3.63, 3.8) is 0 Å². The van der Waals surface area contributed by atoms with Crippen LogP contribution in [0.1, 0.15) is 6.42 Å². The second kappa shape index (κ2) is 4.41.